The standard InChI is InChI=1S/C22H24ClN3O2S/c1-3-12-26(14-21(27)25-19-10-6-7-11-20(19)28-2)13-16-15-29-22(24-16)17-8-4-5-9-18(17)23/h4-11,15H,3,12-14H2,1-2H3,(H,25,27). The van der Waals surface area contributed by atoms with Crippen LogP contribution >= 0.6 is 22.9 Å². The Labute approximate surface area is 180 Å². The third-order valence-corrected chi connectivity index (χ3v) is 5.58. The van der Waals surface area contributed by atoms with E-state index in [1.54, 1.807) is 18.4 Å². The number of carbonyl (C=O) groups excluding carboxylic acids is 1. The second-order valence-corrected chi connectivity index (χ2v) is 7.85. The molecule has 1 aromatic heterocycles. The van der Waals surface area contributed by atoms with Crippen molar-refractivity contribution < 1.29 is 9.53 Å². The van der Waals surface area contributed by atoms with Crippen LogP contribution in [0.4, 0.5) is 5.69 Å². The van der Waals surface area contributed by atoms with Gasteiger partial charge in [0.2, 0.25) is 5.91 Å². The van der Waals surface area contributed by atoms with Gasteiger partial charge < -0.3 is 10.1 Å². The summed E-state index contributed by atoms with van der Waals surface area (Å²) < 4.78 is 5.30. The molecular weight excluding hydrogens is 406 g/mol. The average Bonchev–Trinajstić information content (AvgIpc) is 3.17. The Bertz CT molecular complexity index is 960. The molecule has 0 unspecified atom stereocenters. The number of hydrogen-bond acceptors (Lipinski definition) is 5. The van der Waals surface area contributed by atoms with Crippen LogP contribution in [0.15, 0.2) is 53.9 Å². The molecule has 3 rings (SSSR count). The highest BCUT2D eigenvalue weighted by Gasteiger charge is 2.15. The number of methoxy groups -OCH3 is 1. The lowest BCUT2D eigenvalue weighted by atomic mass is 10.2. The van der Waals surface area contributed by atoms with Crippen molar-refractivity contribution in [3.63, 3.8) is 0 Å². The fourth-order valence-corrected chi connectivity index (χ4v) is 4.17. The van der Waals surface area contributed by atoms with Crippen molar-refractivity contribution in [2.45, 2.75) is 19.9 Å². The van der Waals surface area contributed by atoms with Crippen molar-refractivity contribution in [1.29, 1.82) is 0 Å². The SMILES string of the molecule is CCCN(CC(=O)Nc1ccccc1OC)Cc1csc(-c2ccccc2Cl)n1. The lowest BCUT2D eigenvalue weighted by molar-refractivity contribution is -0.117. The van der Waals surface area contributed by atoms with Gasteiger partial charge in [-0.25, -0.2) is 4.98 Å². The number of anilines is 1. The molecular formula is C22H24ClN3O2S. The normalized spacial score (nSPS) is 10.9. The number of benzene rings is 2. The highest BCUT2D eigenvalue weighted by atomic mass is 35.5. The molecule has 0 aliphatic heterocycles. The Hall–Kier alpha value is -2.41. The van der Waals surface area contributed by atoms with Gasteiger partial charge in [0.1, 0.15) is 10.8 Å². The van der Waals surface area contributed by atoms with Gasteiger partial charge in [0, 0.05) is 17.5 Å². The molecule has 0 saturated carbocycles. The quantitative estimate of drug-likeness (QED) is 0.500. The van der Waals surface area contributed by atoms with E-state index in [0.29, 0.717) is 23.0 Å². The first-order valence-corrected chi connectivity index (χ1v) is 10.7. The first-order valence-electron chi connectivity index (χ1n) is 9.45. The molecule has 7 heteroatoms. The number of hydrogen-bond donors (Lipinski definition) is 1. The summed E-state index contributed by atoms with van der Waals surface area (Å²) in [6, 6.07) is 15.1. The molecule has 1 amide bonds. The van der Waals surface area contributed by atoms with Crippen LogP contribution < -0.4 is 10.1 Å². The van der Waals surface area contributed by atoms with E-state index in [9.17, 15) is 4.79 Å². The van der Waals surface area contributed by atoms with E-state index in [0.717, 1.165) is 29.2 Å². The maximum atomic E-state index is 12.6. The third-order valence-electron chi connectivity index (χ3n) is 4.33. The van der Waals surface area contributed by atoms with Crippen LogP contribution in [0, 0.1) is 0 Å². The molecule has 0 spiro atoms. The van der Waals surface area contributed by atoms with E-state index >= 15 is 0 Å². The van der Waals surface area contributed by atoms with Gasteiger partial charge >= 0.3 is 0 Å². The van der Waals surface area contributed by atoms with Crippen LogP contribution in [0.3, 0.4) is 0 Å². The summed E-state index contributed by atoms with van der Waals surface area (Å²) >= 11 is 7.85. The monoisotopic (exact) mass is 429 g/mol. The zero-order valence-electron chi connectivity index (χ0n) is 16.5. The van der Waals surface area contributed by atoms with Crippen molar-refractivity contribution in [1.82, 2.24) is 9.88 Å². The molecule has 0 bridgehead atoms. The number of nitrogens with one attached hydrogen (secondary N) is 1. The van der Waals surface area contributed by atoms with Gasteiger partial charge in [0.05, 0.1) is 30.1 Å². The molecule has 0 fully saturated rings. The van der Waals surface area contributed by atoms with Crippen LogP contribution in [-0.4, -0.2) is 36.0 Å². The third kappa shape index (κ3) is 5.79. The Morgan fingerprint density at radius 3 is 2.72 bits per heavy atom. The summed E-state index contributed by atoms with van der Waals surface area (Å²) in [5, 5.41) is 6.54. The minimum atomic E-state index is -0.0792. The molecule has 29 heavy (non-hydrogen) atoms. The summed E-state index contributed by atoms with van der Waals surface area (Å²) in [6.45, 7) is 3.79. The van der Waals surface area contributed by atoms with Gasteiger partial charge in [0.25, 0.3) is 0 Å². The predicted octanol–water partition coefficient (Wildman–Crippen LogP) is 5.32. The Kier molecular flexibility index (Phi) is 7.63. The zero-order chi connectivity index (χ0) is 20.6. The van der Waals surface area contributed by atoms with E-state index in [4.69, 9.17) is 21.3 Å². The molecule has 3 aromatic rings. The Morgan fingerprint density at radius 1 is 1.21 bits per heavy atom. The van der Waals surface area contributed by atoms with E-state index in [1.807, 2.05) is 53.9 Å². The van der Waals surface area contributed by atoms with E-state index in [1.165, 1.54) is 0 Å². The number of para-hydroxylation sites is 2. The van der Waals surface area contributed by atoms with Crippen molar-refractivity contribution >= 4 is 34.5 Å². The van der Waals surface area contributed by atoms with Gasteiger partial charge in [-0.3, -0.25) is 9.69 Å². The first kappa shape index (κ1) is 21.3. The van der Waals surface area contributed by atoms with Crippen LogP contribution in [-0.2, 0) is 11.3 Å². The maximum Gasteiger partial charge on any atom is 0.238 e. The smallest absolute Gasteiger partial charge is 0.238 e. The van der Waals surface area contributed by atoms with Gasteiger partial charge in [-0.2, -0.15) is 0 Å². The van der Waals surface area contributed by atoms with Crippen molar-refractivity contribution in [3.8, 4) is 16.3 Å². The summed E-state index contributed by atoms with van der Waals surface area (Å²) in [4.78, 5) is 19.4. The number of halogens is 1. The zero-order valence-corrected chi connectivity index (χ0v) is 18.1. The van der Waals surface area contributed by atoms with E-state index in [2.05, 4.69) is 17.1 Å². The molecule has 1 heterocycles. The Balaban J connectivity index is 1.66. The number of ether oxygens (including phenoxy) is 1. The Morgan fingerprint density at radius 2 is 1.97 bits per heavy atom. The molecule has 152 valence electrons. The molecule has 2 aromatic carbocycles. The van der Waals surface area contributed by atoms with Gasteiger partial charge in [-0.1, -0.05) is 48.9 Å². The molecule has 0 radical (unpaired) electrons. The number of amides is 1. The summed E-state index contributed by atoms with van der Waals surface area (Å²) in [6.07, 6.45) is 0.948. The van der Waals surface area contributed by atoms with Crippen LogP contribution in [0.5, 0.6) is 5.75 Å². The fourth-order valence-electron chi connectivity index (χ4n) is 3.04. The molecule has 1 N–H and O–H groups in total. The van der Waals surface area contributed by atoms with Gasteiger partial charge in [-0.05, 0) is 31.2 Å². The number of carbonyl (C=O) groups is 1. The number of nitrogens with zero attached hydrogens (tertiary/aromatic N) is 2. The highest BCUT2D eigenvalue weighted by Crippen LogP contribution is 2.30. The van der Waals surface area contributed by atoms with Crippen LogP contribution in [0.1, 0.15) is 19.0 Å². The van der Waals surface area contributed by atoms with Crippen LogP contribution in [0.25, 0.3) is 10.6 Å². The van der Waals surface area contributed by atoms with E-state index in [-0.39, 0.29) is 12.5 Å². The van der Waals surface area contributed by atoms with Crippen molar-refractivity contribution in [2.75, 3.05) is 25.5 Å². The largest absolute Gasteiger partial charge is 0.495 e. The van der Waals surface area contributed by atoms with Gasteiger partial charge in [0.15, 0.2) is 0 Å². The highest BCUT2D eigenvalue weighted by molar-refractivity contribution is 7.13. The molecule has 0 saturated heterocycles. The number of aromatic nitrogens is 1. The fraction of sp³-hybridized carbons (Fsp3) is 0.273. The lowest BCUT2D eigenvalue weighted by Crippen LogP contribution is -2.33. The molecule has 0 aliphatic carbocycles. The maximum absolute atomic E-state index is 12.6. The van der Waals surface area contributed by atoms with Gasteiger partial charge in [-0.15, -0.1) is 11.3 Å². The summed E-state index contributed by atoms with van der Waals surface area (Å²) in [5.41, 5.74) is 2.54. The van der Waals surface area contributed by atoms with Crippen molar-refractivity contribution in [2.24, 2.45) is 0 Å². The number of thiazole rings is 1. The molecule has 5 nitrogen and oxygen atoms in total. The van der Waals surface area contributed by atoms with E-state index < -0.39 is 0 Å². The topological polar surface area (TPSA) is 54.5 Å². The predicted molar refractivity (Wildman–Crippen MR) is 120 cm³/mol. The minimum Gasteiger partial charge on any atom is -0.495 e. The van der Waals surface area contributed by atoms with Crippen LogP contribution in [0.2, 0.25) is 5.02 Å². The molecule has 0 atom stereocenters. The van der Waals surface area contributed by atoms with Crippen molar-refractivity contribution in [3.05, 3.63) is 64.6 Å². The first-order chi connectivity index (χ1) is 14.1. The summed E-state index contributed by atoms with van der Waals surface area (Å²) in [7, 11) is 1.59. The summed E-state index contributed by atoms with van der Waals surface area (Å²) in [5.74, 6) is 0.566. The number of rotatable bonds is 9. The second-order valence-electron chi connectivity index (χ2n) is 6.58. The minimum absolute atomic E-state index is 0.0792. The lowest BCUT2D eigenvalue weighted by Gasteiger charge is -2.20. The second kappa shape index (κ2) is 10.4. The average molecular weight is 430 g/mol. The molecule has 0 aliphatic rings.